The number of hydrogen-bond acceptors (Lipinski definition) is 3. The van der Waals surface area contributed by atoms with Gasteiger partial charge in [0.15, 0.2) is 0 Å². The lowest BCUT2D eigenvalue weighted by molar-refractivity contribution is 0.0618. The van der Waals surface area contributed by atoms with Crippen LogP contribution in [-0.4, -0.2) is 16.3 Å². The second kappa shape index (κ2) is 5.52. The summed E-state index contributed by atoms with van der Waals surface area (Å²) >= 11 is 0. The molecule has 1 aliphatic carbocycles. The molecule has 0 amide bonds. The van der Waals surface area contributed by atoms with Crippen LogP contribution in [0.3, 0.4) is 0 Å². The monoisotopic (exact) mass is 235 g/mol. The molecule has 1 fully saturated rings. The van der Waals surface area contributed by atoms with E-state index in [1.807, 2.05) is 0 Å². The second-order valence-electron chi connectivity index (χ2n) is 5.01. The van der Waals surface area contributed by atoms with Gasteiger partial charge in [-0.3, -0.25) is 0 Å². The van der Waals surface area contributed by atoms with Crippen molar-refractivity contribution in [1.29, 1.82) is 0 Å². The predicted molar refractivity (Wildman–Crippen MR) is 67.6 cm³/mol. The number of aliphatic hydroxyl groups is 1. The number of nitrogens with two attached hydrogens (primary N) is 1. The maximum absolute atomic E-state index is 10.3. The van der Waals surface area contributed by atoms with Crippen LogP contribution in [0, 0.1) is 5.92 Å². The largest absolute Gasteiger partial charge is 0.508 e. The Bertz CT molecular complexity index is 344. The Hall–Kier alpha value is -1.06. The molecule has 0 spiro atoms. The number of rotatable bonds is 3. The Balaban J connectivity index is 2.02. The number of benzene rings is 1. The highest BCUT2D eigenvalue weighted by atomic mass is 16.3. The van der Waals surface area contributed by atoms with Gasteiger partial charge in [0.2, 0.25) is 0 Å². The summed E-state index contributed by atoms with van der Waals surface area (Å²) in [6.07, 6.45) is 5.35. The summed E-state index contributed by atoms with van der Waals surface area (Å²) in [5, 5.41) is 19.5. The van der Waals surface area contributed by atoms with Gasteiger partial charge in [0, 0.05) is 0 Å². The van der Waals surface area contributed by atoms with Crippen molar-refractivity contribution >= 4 is 0 Å². The van der Waals surface area contributed by atoms with Gasteiger partial charge in [0.1, 0.15) is 5.75 Å². The molecule has 17 heavy (non-hydrogen) atoms. The average Bonchev–Trinajstić information content (AvgIpc) is 2.39. The van der Waals surface area contributed by atoms with Crippen LogP contribution in [-0.2, 0) is 0 Å². The molecule has 2 atom stereocenters. The number of phenolic OH excluding ortho intramolecular Hbond substituents is 1. The summed E-state index contributed by atoms with van der Waals surface area (Å²) in [5.41, 5.74) is 6.98. The Morgan fingerprint density at radius 1 is 1.06 bits per heavy atom. The first-order valence-electron chi connectivity index (χ1n) is 6.41. The molecule has 3 heteroatoms. The Morgan fingerprint density at radius 3 is 2.24 bits per heavy atom. The number of aliphatic hydroxyl groups excluding tert-OH is 1. The van der Waals surface area contributed by atoms with E-state index in [1.54, 1.807) is 24.3 Å². The minimum absolute atomic E-state index is 0.230. The van der Waals surface area contributed by atoms with Crippen molar-refractivity contribution in [1.82, 2.24) is 0 Å². The third-order valence-electron chi connectivity index (χ3n) is 3.78. The van der Waals surface area contributed by atoms with E-state index in [4.69, 9.17) is 5.73 Å². The topological polar surface area (TPSA) is 66.5 Å². The molecule has 0 radical (unpaired) electrons. The van der Waals surface area contributed by atoms with Crippen molar-refractivity contribution in [2.75, 3.05) is 0 Å². The number of hydrogen-bond donors (Lipinski definition) is 3. The van der Waals surface area contributed by atoms with E-state index >= 15 is 0 Å². The molecular formula is C14H21NO2. The van der Waals surface area contributed by atoms with Gasteiger partial charge >= 0.3 is 0 Å². The summed E-state index contributed by atoms with van der Waals surface area (Å²) in [4.78, 5) is 0. The number of phenols is 1. The van der Waals surface area contributed by atoms with Gasteiger partial charge < -0.3 is 15.9 Å². The molecule has 1 aromatic carbocycles. The fourth-order valence-electron chi connectivity index (χ4n) is 2.66. The van der Waals surface area contributed by atoms with Gasteiger partial charge in [0.25, 0.3) is 0 Å². The fraction of sp³-hybridized carbons (Fsp3) is 0.571. The minimum atomic E-state index is -0.472. The molecular weight excluding hydrogens is 214 g/mol. The van der Waals surface area contributed by atoms with Crippen LogP contribution in [0.4, 0.5) is 0 Å². The number of aromatic hydroxyl groups is 1. The van der Waals surface area contributed by atoms with Gasteiger partial charge in [-0.05, 0) is 36.5 Å². The first-order chi connectivity index (χ1) is 8.18. The van der Waals surface area contributed by atoms with Crippen LogP contribution in [0.5, 0.6) is 5.75 Å². The molecule has 0 unspecified atom stereocenters. The van der Waals surface area contributed by atoms with Crippen LogP contribution in [0.15, 0.2) is 24.3 Å². The van der Waals surface area contributed by atoms with Gasteiger partial charge in [-0.25, -0.2) is 0 Å². The second-order valence-corrected chi connectivity index (χ2v) is 5.01. The fourth-order valence-corrected chi connectivity index (χ4v) is 2.66. The first-order valence-corrected chi connectivity index (χ1v) is 6.41. The van der Waals surface area contributed by atoms with E-state index in [9.17, 15) is 10.2 Å². The molecule has 94 valence electrons. The molecule has 1 aromatic rings. The van der Waals surface area contributed by atoms with Crippen molar-refractivity contribution in [3.8, 4) is 5.75 Å². The molecule has 0 aliphatic heterocycles. The van der Waals surface area contributed by atoms with Crippen molar-refractivity contribution in [3.05, 3.63) is 29.8 Å². The summed E-state index contributed by atoms with van der Waals surface area (Å²) in [5.74, 6) is 0.556. The zero-order valence-electron chi connectivity index (χ0n) is 10.0. The van der Waals surface area contributed by atoms with E-state index in [-0.39, 0.29) is 11.8 Å². The molecule has 1 aliphatic rings. The smallest absolute Gasteiger partial charge is 0.115 e. The molecule has 1 saturated carbocycles. The van der Waals surface area contributed by atoms with E-state index < -0.39 is 6.10 Å². The Labute approximate surface area is 102 Å². The summed E-state index contributed by atoms with van der Waals surface area (Å²) < 4.78 is 0. The molecule has 3 nitrogen and oxygen atoms in total. The third kappa shape index (κ3) is 2.99. The van der Waals surface area contributed by atoms with Gasteiger partial charge in [-0.1, -0.05) is 31.4 Å². The highest BCUT2D eigenvalue weighted by molar-refractivity contribution is 5.28. The van der Waals surface area contributed by atoms with Crippen LogP contribution < -0.4 is 5.73 Å². The van der Waals surface area contributed by atoms with E-state index in [0.29, 0.717) is 5.92 Å². The molecule has 2 rings (SSSR count). The molecule has 0 bridgehead atoms. The van der Waals surface area contributed by atoms with Crippen molar-refractivity contribution < 1.29 is 10.2 Å². The Morgan fingerprint density at radius 2 is 1.65 bits per heavy atom. The lowest BCUT2D eigenvalue weighted by Gasteiger charge is -2.30. The van der Waals surface area contributed by atoms with Crippen molar-refractivity contribution in [2.24, 2.45) is 11.7 Å². The molecule has 0 saturated heterocycles. The maximum atomic E-state index is 10.3. The first kappa shape index (κ1) is 12.4. The van der Waals surface area contributed by atoms with Crippen LogP contribution in [0.25, 0.3) is 0 Å². The molecule has 0 aromatic heterocycles. The SMILES string of the molecule is N[C@H](c1ccc(O)cc1)[C@@H](O)C1CCCCC1. The van der Waals surface area contributed by atoms with Crippen LogP contribution >= 0.6 is 0 Å². The lowest BCUT2D eigenvalue weighted by atomic mass is 9.81. The minimum Gasteiger partial charge on any atom is -0.508 e. The zero-order valence-corrected chi connectivity index (χ0v) is 10.0. The Kier molecular flexibility index (Phi) is 4.02. The highest BCUT2D eigenvalue weighted by Crippen LogP contribution is 2.31. The highest BCUT2D eigenvalue weighted by Gasteiger charge is 2.27. The van der Waals surface area contributed by atoms with Crippen LogP contribution in [0.2, 0.25) is 0 Å². The maximum Gasteiger partial charge on any atom is 0.115 e. The van der Waals surface area contributed by atoms with E-state index in [0.717, 1.165) is 18.4 Å². The van der Waals surface area contributed by atoms with E-state index in [1.165, 1.54) is 19.3 Å². The van der Waals surface area contributed by atoms with E-state index in [2.05, 4.69) is 0 Å². The quantitative estimate of drug-likeness (QED) is 0.753. The van der Waals surface area contributed by atoms with Crippen molar-refractivity contribution in [3.63, 3.8) is 0 Å². The average molecular weight is 235 g/mol. The van der Waals surface area contributed by atoms with Crippen LogP contribution in [0.1, 0.15) is 43.7 Å². The summed E-state index contributed by atoms with van der Waals surface area (Å²) in [6, 6.07) is 6.45. The normalized spacial score (nSPS) is 21.1. The summed E-state index contributed by atoms with van der Waals surface area (Å²) in [6.45, 7) is 0. The third-order valence-corrected chi connectivity index (χ3v) is 3.78. The van der Waals surface area contributed by atoms with Gasteiger partial charge in [-0.15, -0.1) is 0 Å². The summed E-state index contributed by atoms with van der Waals surface area (Å²) in [7, 11) is 0. The standard InChI is InChI=1S/C14H21NO2/c15-13(10-6-8-12(16)9-7-10)14(17)11-4-2-1-3-5-11/h6-9,11,13-14,16-17H,1-5,15H2/t13-,14+/m1/s1. The lowest BCUT2D eigenvalue weighted by Crippen LogP contribution is -2.34. The predicted octanol–water partition coefficient (Wildman–Crippen LogP) is 2.33. The van der Waals surface area contributed by atoms with Crippen molar-refractivity contribution in [2.45, 2.75) is 44.2 Å². The molecule has 4 N–H and O–H groups in total. The zero-order chi connectivity index (χ0) is 12.3. The van der Waals surface area contributed by atoms with Gasteiger partial charge in [0.05, 0.1) is 12.1 Å². The molecule has 0 heterocycles. The van der Waals surface area contributed by atoms with Gasteiger partial charge in [-0.2, -0.15) is 0 Å².